The normalized spacial score (nSPS) is 13.3. The van der Waals surface area contributed by atoms with E-state index in [1.807, 2.05) is 103 Å². The maximum absolute atomic E-state index is 14.2. The number of carbonyl (C=O) groups excluding carboxylic acids is 3. The molecule has 1 aliphatic heterocycles. The summed E-state index contributed by atoms with van der Waals surface area (Å²) < 4.78 is 5.48. The highest BCUT2D eigenvalue weighted by Gasteiger charge is 2.31. The molecule has 1 atom stereocenters. The van der Waals surface area contributed by atoms with Crippen molar-refractivity contribution in [3.63, 3.8) is 0 Å². The first kappa shape index (κ1) is 33.2. The fourth-order valence-corrected chi connectivity index (χ4v) is 8.15. The molecule has 0 bridgehead atoms. The summed E-state index contributed by atoms with van der Waals surface area (Å²) >= 11 is 2.85. The summed E-state index contributed by atoms with van der Waals surface area (Å²) in [6, 6.07) is 37.0. The van der Waals surface area contributed by atoms with Crippen LogP contribution in [-0.4, -0.2) is 35.8 Å². The number of fused-ring (bicyclic) bond motifs is 1. The van der Waals surface area contributed by atoms with Crippen molar-refractivity contribution in [2.45, 2.75) is 43.0 Å². The lowest BCUT2D eigenvalue weighted by Crippen LogP contribution is -2.30. The highest BCUT2D eigenvalue weighted by Crippen LogP contribution is 2.41. The molecule has 7 nitrogen and oxygen atoms in total. The van der Waals surface area contributed by atoms with Gasteiger partial charge in [-0.2, -0.15) is 0 Å². The van der Waals surface area contributed by atoms with Gasteiger partial charge in [-0.15, -0.1) is 23.1 Å². The Hall–Kier alpha value is -4.70. The molecular formula is C39H37N3O4S2. The number of thioether (sulfide) groups is 1. The van der Waals surface area contributed by atoms with Crippen LogP contribution >= 0.6 is 23.1 Å². The van der Waals surface area contributed by atoms with E-state index in [2.05, 4.69) is 27.7 Å². The molecule has 1 aliphatic rings. The summed E-state index contributed by atoms with van der Waals surface area (Å²) in [5.41, 5.74) is 5.07. The highest BCUT2D eigenvalue weighted by atomic mass is 32.2. The van der Waals surface area contributed by atoms with E-state index in [1.165, 1.54) is 28.7 Å². The number of nitrogens with one attached hydrogen (secondary N) is 2. The van der Waals surface area contributed by atoms with Gasteiger partial charge in [-0.05, 0) is 53.8 Å². The quantitative estimate of drug-likeness (QED) is 0.103. The Morgan fingerprint density at radius 2 is 1.54 bits per heavy atom. The van der Waals surface area contributed by atoms with Crippen LogP contribution in [0.25, 0.3) is 0 Å². The van der Waals surface area contributed by atoms with E-state index in [-0.39, 0.29) is 24.8 Å². The van der Waals surface area contributed by atoms with Crippen LogP contribution in [0.1, 0.15) is 49.7 Å². The molecule has 0 aliphatic carbocycles. The first-order valence-electron chi connectivity index (χ1n) is 16.0. The van der Waals surface area contributed by atoms with E-state index >= 15 is 0 Å². The zero-order valence-corrected chi connectivity index (χ0v) is 28.3. The molecule has 0 fully saturated rings. The van der Waals surface area contributed by atoms with Crippen molar-refractivity contribution in [1.29, 1.82) is 0 Å². The molecule has 0 saturated carbocycles. The number of anilines is 2. The Labute approximate surface area is 289 Å². The molecule has 0 radical (unpaired) electrons. The van der Waals surface area contributed by atoms with Crippen molar-refractivity contribution >= 4 is 51.6 Å². The summed E-state index contributed by atoms with van der Waals surface area (Å²) in [4.78, 5) is 44.5. The number of benzene rings is 4. The monoisotopic (exact) mass is 675 g/mol. The zero-order valence-electron chi connectivity index (χ0n) is 26.7. The van der Waals surface area contributed by atoms with Crippen molar-refractivity contribution in [1.82, 2.24) is 4.90 Å². The van der Waals surface area contributed by atoms with Crippen LogP contribution in [0.3, 0.4) is 0 Å². The van der Waals surface area contributed by atoms with Gasteiger partial charge in [0.15, 0.2) is 0 Å². The molecule has 2 amide bonds. The first-order chi connectivity index (χ1) is 23.5. The van der Waals surface area contributed by atoms with E-state index in [0.717, 1.165) is 39.6 Å². The SMILES string of the molecule is CCOC(=O)c1c(NC(=O)C(Sc2cccc(NC(=O)Cc3ccccc3)c2)c2ccccc2)sc2c1CCN(Cc1ccccc1)C2. The lowest BCUT2D eigenvalue weighted by molar-refractivity contribution is -0.116. The maximum Gasteiger partial charge on any atom is 0.341 e. The second kappa shape index (κ2) is 15.9. The number of nitrogens with zero attached hydrogens (tertiary/aromatic N) is 1. The van der Waals surface area contributed by atoms with E-state index in [0.29, 0.717) is 29.2 Å². The number of hydrogen-bond donors (Lipinski definition) is 2. The molecule has 244 valence electrons. The summed E-state index contributed by atoms with van der Waals surface area (Å²) in [5, 5.41) is 6.02. The Morgan fingerprint density at radius 3 is 2.25 bits per heavy atom. The topological polar surface area (TPSA) is 87.7 Å². The molecule has 5 aromatic rings. The van der Waals surface area contributed by atoms with Crippen LogP contribution in [0, 0.1) is 0 Å². The maximum atomic E-state index is 14.2. The summed E-state index contributed by atoms with van der Waals surface area (Å²) in [7, 11) is 0. The number of rotatable bonds is 12. The van der Waals surface area contributed by atoms with Gasteiger partial charge in [-0.25, -0.2) is 4.79 Å². The van der Waals surface area contributed by atoms with Crippen LogP contribution in [0.2, 0.25) is 0 Å². The standard InChI is InChI=1S/C39H37N3O4S2/c1-2-46-39(45)35-32-21-22-42(25-28-15-8-4-9-16-28)26-33(32)48-38(35)41-37(44)36(29-17-10-5-11-18-29)47-31-20-12-19-30(24-31)40-34(43)23-27-13-6-3-7-14-27/h3-20,24,36H,2,21-23,25-26H2,1H3,(H,40,43)(H,41,44). The number of esters is 1. The first-order valence-corrected chi connectivity index (χ1v) is 17.7. The Morgan fingerprint density at radius 1 is 0.854 bits per heavy atom. The fourth-order valence-electron chi connectivity index (χ4n) is 5.79. The van der Waals surface area contributed by atoms with Crippen LogP contribution in [0.15, 0.2) is 120 Å². The third kappa shape index (κ3) is 8.41. The largest absolute Gasteiger partial charge is 0.462 e. The lowest BCUT2D eigenvalue weighted by Gasteiger charge is -2.27. The number of thiophene rings is 1. The molecule has 0 saturated heterocycles. The average Bonchev–Trinajstić information content (AvgIpc) is 3.45. The van der Waals surface area contributed by atoms with Gasteiger partial charge in [0.05, 0.1) is 18.6 Å². The summed E-state index contributed by atoms with van der Waals surface area (Å²) in [5.74, 6) is -0.768. The van der Waals surface area contributed by atoms with E-state index < -0.39 is 11.2 Å². The molecule has 1 unspecified atom stereocenters. The fraction of sp³-hybridized carbons (Fsp3) is 0.205. The minimum Gasteiger partial charge on any atom is -0.462 e. The molecule has 1 aromatic heterocycles. The van der Waals surface area contributed by atoms with Crippen LogP contribution in [0.4, 0.5) is 10.7 Å². The molecule has 48 heavy (non-hydrogen) atoms. The predicted octanol–water partition coefficient (Wildman–Crippen LogP) is 8.14. The van der Waals surface area contributed by atoms with Crippen molar-refractivity contribution in [3.8, 4) is 0 Å². The van der Waals surface area contributed by atoms with Crippen molar-refractivity contribution in [2.24, 2.45) is 0 Å². The minimum absolute atomic E-state index is 0.115. The molecular weight excluding hydrogens is 639 g/mol. The minimum atomic E-state index is -0.620. The zero-order chi connectivity index (χ0) is 33.3. The van der Waals surface area contributed by atoms with Crippen LogP contribution in [-0.2, 0) is 40.3 Å². The molecule has 9 heteroatoms. The predicted molar refractivity (Wildman–Crippen MR) is 193 cm³/mol. The van der Waals surface area contributed by atoms with Gasteiger partial charge in [-0.1, -0.05) is 97.1 Å². The van der Waals surface area contributed by atoms with Gasteiger partial charge in [-0.3, -0.25) is 14.5 Å². The Kier molecular flexibility index (Phi) is 11.0. The van der Waals surface area contributed by atoms with Gasteiger partial charge in [0.25, 0.3) is 0 Å². The van der Waals surface area contributed by atoms with Crippen molar-refractivity contribution in [2.75, 3.05) is 23.8 Å². The van der Waals surface area contributed by atoms with Crippen molar-refractivity contribution < 1.29 is 19.1 Å². The number of hydrogen-bond acceptors (Lipinski definition) is 7. The van der Waals surface area contributed by atoms with Gasteiger partial charge in [0.1, 0.15) is 10.3 Å². The Bertz CT molecular complexity index is 1860. The van der Waals surface area contributed by atoms with Gasteiger partial charge in [0.2, 0.25) is 11.8 Å². The lowest BCUT2D eigenvalue weighted by atomic mass is 10.0. The highest BCUT2D eigenvalue weighted by molar-refractivity contribution is 8.00. The Balaban J connectivity index is 1.22. The second-order valence-electron chi connectivity index (χ2n) is 11.5. The summed E-state index contributed by atoms with van der Waals surface area (Å²) in [6.07, 6.45) is 0.965. The molecule has 4 aromatic carbocycles. The number of amides is 2. The van der Waals surface area contributed by atoms with E-state index in [9.17, 15) is 14.4 Å². The van der Waals surface area contributed by atoms with Gasteiger partial charge < -0.3 is 15.4 Å². The average molecular weight is 676 g/mol. The third-order valence-electron chi connectivity index (χ3n) is 8.02. The molecule has 2 heterocycles. The van der Waals surface area contributed by atoms with Crippen molar-refractivity contribution in [3.05, 3.63) is 148 Å². The van der Waals surface area contributed by atoms with Crippen LogP contribution in [0.5, 0.6) is 0 Å². The molecule has 6 rings (SSSR count). The van der Waals surface area contributed by atoms with Gasteiger partial charge in [0, 0.05) is 35.1 Å². The van der Waals surface area contributed by atoms with E-state index in [4.69, 9.17) is 4.74 Å². The molecule has 0 spiro atoms. The number of ether oxygens (including phenoxy) is 1. The number of carbonyl (C=O) groups is 3. The molecule has 2 N–H and O–H groups in total. The third-order valence-corrected chi connectivity index (χ3v) is 10.4. The summed E-state index contributed by atoms with van der Waals surface area (Å²) in [6.45, 7) is 4.34. The smallest absolute Gasteiger partial charge is 0.341 e. The second-order valence-corrected chi connectivity index (χ2v) is 13.8. The van der Waals surface area contributed by atoms with Gasteiger partial charge >= 0.3 is 5.97 Å². The van der Waals surface area contributed by atoms with Crippen LogP contribution < -0.4 is 10.6 Å². The van der Waals surface area contributed by atoms with E-state index in [1.54, 1.807) is 6.92 Å².